The van der Waals surface area contributed by atoms with Gasteiger partial charge >= 0.3 is 11.8 Å². The summed E-state index contributed by atoms with van der Waals surface area (Å²) < 4.78 is 10.3. The number of benzene rings is 1. The molecule has 6 nitrogen and oxygen atoms in total. The summed E-state index contributed by atoms with van der Waals surface area (Å²) in [6.07, 6.45) is 1.91. The topological polar surface area (TPSA) is 67.9 Å². The van der Waals surface area contributed by atoms with Crippen molar-refractivity contribution < 1.29 is 19.1 Å². The van der Waals surface area contributed by atoms with Gasteiger partial charge in [-0.1, -0.05) is 0 Å². The molecule has 1 heterocycles. The number of hydrogen-bond donors (Lipinski definition) is 1. The summed E-state index contributed by atoms with van der Waals surface area (Å²) in [6.45, 7) is 1.30. The van der Waals surface area contributed by atoms with Crippen LogP contribution in [0.2, 0.25) is 0 Å². The molecule has 0 spiro atoms. The number of methoxy groups -OCH3 is 2. The zero-order chi connectivity index (χ0) is 14.5. The Bertz CT molecular complexity index is 510. The molecule has 1 aromatic carbocycles. The first kappa shape index (κ1) is 14.2. The normalized spacial score (nSPS) is 14.0. The van der Waals surface area contributed by atoms with Crippen molar-refractivity contribution in [3.8, 4) is 11.5 Å². The molecule has 1 aromatic rings. The number of nitrogens with one attached hydrogen (secondary N) is 1. The Kier molecular flexibility index (Phi) is 4.45. The molecule has 1 aliphatic rings. The maximum absolute atomic E-state index is 11.9. The largest absolute Gasteiger partial charge is 0.493 e. The van der Waals surface area contributed by atoms with Gasteiger partial charge in [0.15, 0.2) is 11.5 Å². The Morgan fingerprint density at radius 1 is 1.10 bits per heavy atom. The van der Waals surface area contributed by atoms with E-state index in [-0.39, 0.29) is 0 Å². The van der Waals surface area contributed by atoms with Crippen LogP contribution in [0.5, 0.6) is 11.5 Å². The van der Waals surface area contributed by atoms with E-state index in [4.69, 9.17) is 9.47 Å². The Morgan fingerprint density at radius 2 is 1.75 bits per heavy atom. The van der Waals surface area contributed by atoms with Crippen LogP contribution >= 0.6 is 0 Å². The minimum Gasteiger partial charge on any atom is -0.493 e. The standard InChI is InChI=1S/C14H18N2O4/c1-19-11-6-5-10(9-12(11)20-2)15-13(17)14(18)16-7-3-4-8-16/h5-6,9H,3-4,7-8H2,1-2H3,(H,15,17). The third kappa shape index (κ3) is 3.01. The number of amides is 2. The lowest BCUT2D eigenvalue weighted by molar-refractivity contribution is -0.142. The third-order valence-corrected chi connectivity index (χ3v) is 3.23. The predicted octanol–water partition coefficient (Wildman–Crippen LogP) is 1.26. The average Bonchev–Trinajstić information content (AvgIpc) is 3.00. The summed E-state index contributed by atoms with van der Waals surface area (Å²) in [7, 11) is 3.05. The van der Waals surface area contributed by atoms with Crippen LogP contribution in [-0.2, 0) is 9.59 Å². The van der Waals surface area contributed by atoms with Gasteiger partial charge < -0.3 is 19.7 Å². The molecule has 1 N–H and O–H groups in total. The Hall–Kier alpha value is -2.24. The van der Waals surface area contributed by atoms with Gasteiger partial charge in [0, 0.05) is 24.8 Å². The molecule has 20 heavy (non-hydrogen) atoms. The van der Waals surface area contributed by atoms with E-state index in [1.165, 1.54) is 14.2 Å². The molecule has 1 aliphatic heterocycles. The number of rotatable bonds is 3. The number of carbonyl (C=O) groups excluding carboxylic acids is 2. The predicted molar refractivity (Wildman–Crippen MR) is 74.0 cm³/mol. The highest BCUT2D eigenvalue weighted by atomic mass is 16.5. The van der Waals surface area contributed by atoms with Gasteiger partial charge in [0.25, 0.3) is 0 Å². The van der Waals surface area contributed by atoms with Gasteiger partial charge in [-0.2, -0.15) is 0 Å². The molecule has 2 rings (SSSR count). The molecule has 0 saturated carbocycles. The van der Waals surface area contributed by atoms with Crippen LogP contribution in [0.3, 0.4) is 0 Å². The van der Waals surface area contributed by atoms with Gasteiger partial charge in [0.2, 0.25) is 0 Å². The maximum atomic E-state index is 11.9. The van der Waals surface area contributed by atoms with E-state index < -0.39 is 11.8 Å². The number of hydrogen-bond acceptors (Lipinski definition) is 4. The van der Waals surface area contributed by atoms with Crippen molar-refractivity contribution >= 4 is 17.5 Å². The van der Waals surface area contributed by atoms with E-state index in [2.05, 4.69) is 5.32 Å². The first-order chi connectivity index (χ1) is 9.65. The summed E-state index contributed by atoms with van der Waals surface area (Å²) >= 11 is 0. The van der Waals surface area contributed by atoms with Gasteiger partial charge in [0.05, 0.1) is 14.2 Å². The molecule has 0 aromatic heterocycles. The van der Waals surface area contributed by atoms with Crippen molar-refractivity contribution in [1.29, 1.82) is 0 Å². The van der Waals surface area contributed by atoms with Crippen molar-refractivity contribution in [2.45, 2.75) is 12.8 Å². The summed E-state index contributed by atoms with van der Waals surface area (Å²) in [6, 6.07) is 4.96. The molecule has 0 bridgehead atoms. The van der Waals surface area contributed by atoms with Crippen molar-refractivity contribution in [1.82, 2.24) is 4.90 Å². The average molecular weight is 278 g/mol. The summed E-state index contributed by atoms with van der Waals surface area (Å²) in [5, 5.41) is 2.58. The number of likely N-dealkylation sites (tertiary alicyclic amines) is 1. The van der Waals surface area contributed by atoms with Crippen molar-refractivity contribution in [2.75, 3.05) is 32.6 Å². The monoisotopic (exact) mass is 278 g/mol. The second kappa shape index (κ2) is 6.27. The van der Waals surface area contributed by atoms with Gasteiger partial charge in [-0.25, -0.2) is 0 Å². The van der Waals surface area contributed by atoms with Gasteiger partial charge in [0.1, 0.15) is 0 Å². The molecule has 0 radical (unpaired) electrons. The van der Waals surface area contributed by atoms with Crippen LogP contribution in [-0.4, -0.2) is 44.0 Å². The van der Waals surface area contributed by atoms with Gasteiger partial charge in [-0.05, 0) is 25.0 Å². The second-order valence-corrected chi connectivity index (χ2v) is 4.52. The van der Waals surface area contributed by atoms with Crippen LogP contribution in [0.4, 0.5) is 5.69 Å². The van der Waals surface area contributed by atoms with Crippen LogP contribution < -0.4 is 14.8 Å². The van der Waals surface area contributed by atoms with Crippen molar-refractivity contribution in [2.24, 2.45) is 0 Å². The van der Waals surface area contributed by atoms with E-state index in [0.717, 1.165) is 12.8 Å². The van der Waals surface area contributed by atoms with Crippen LogP contribution in [0.25, 0.3) is 0 Å². The van der Waals surface area contributed by atoms with Crippen LogP contribution in [0.1, 0.15) is 12.8 Å². The number of carbonyl (C=O) groups is 2. The number of nitrogens with zero attached hydrogens (tertiary/aromatic N) is 1. The lowest BCUT2D eigenvalue weighted by Crippen LogP contribution is -2.37. The molecule has 1 fully saturated rings. The first-order valence-corrected chi connectivity index (χ1v) is 6.48. The molecule has 6 heteroatoms. The SMILES string of the molecule is COc1ccc(NC(=O)C(=O)N2CCCC2)cc1OC. The van der Waals surface area contributed by atoms with Crippen molar-refractivity contribution in [3.63, 3.8) is 0 Å². The molecule has 2 amide bonds. The fraction of sp³-hybridized carbons (Fsp3) is 0.429. The first-order valence-electron chi connectivity index (χ1n) is 6.48. The molecule has 0 aliphatic carbocycles. The lowest BCUT2D eigenvalue weighted by Gasteiger charge is -2.15. The minimum atomic E-state index is -0.626. The molecule has 0 atom stereocenters. The molecular formula is C14H18N2O4. The molecule has 0 unspecified atom stereocenters. The second-order valence-electron chi connectivity index (χ2n) is 4.52. The number of ether oxygens (including phenoxy) is 2. The highest BCUT2D eigenvalue weighted by molar-refractivity contribution is 6.39. The highest BCUT2D eigenvalue weighted by Gasteiger charge is 2.24. The Morgan fingerprint density at radius 3 is 2.35 bits per heavy atom. The molecule has 1 saturated heterocycles. The number of anilines is 1. The Balaban J connectivity index is 2.05. The minimum absolute atomic E-state index is 0.489. The van der Waals surface area contributed by atoms with E-state index in [9.17, 15) is 9.59 Å². The van der Waals surface area contributed by atoms with E-state index in [1.807, 2.05) is 0 Å². The van der Waals surface area contributed by atoms with E-state index in [0.29, 0.717) is 30.3 Å². The van der Waals surface area contributed by atoms with Gasteiger partial charge in [-0.3, -0.25) is 9.59 Å². The smallest absolute Gasteiger partial charge is 0.313 e. The zero-order valence-electron chi connectivity index (χ0n) is 11.6. The van der Waals surface area contributed by atoms with E-state index in [1.54, 1.807) is 23.1 Å². The van der Waals surface area contributed by atoms with Crippen LogP contribution in [0.15, 0.2) is 18.2 Å². The highest BCUT2D eigenvalue weighted by Crippen LogP contribution is 2.29. The summed E-state index contributed by atoms with van der Waals surface area (Å²) in [5.41, 5.74) is 0.500. The Labute approximate surface area is 117 Å². The quantitative estimate of drug-likeness (QED) is 0.845. The van der Waals surface area contributed by atoms with Gasteiger partial charge in [-0.15, -0.1) is 0 Å². The fourth-order valence-corrected chi connectivity index (χ4v) is 2.16. The summed E-state index contributed by atoms with van der Waals surface area (Å²) in [5.74, 6) is -0.0494. The maximum Gasteiger partial charge on any atom is 0.313 e. The van der Waals surface area contributed by atoms with Crippen molar-refractivity contribution in [3.05, 3.63) is 18.2 Å². The third-order valence-electron chi connectivity index (χ3n) is 3.23. The molecule has 108 valence electrons. The molecular weight excluding hydrogens is 260 g/mol. The zero-order valence-corrected chi connectivity index (χ0v) is 11.6. The van der Waals surface area contributed by atoms with E-state index >= 15 is 0 Å². The summed E-state index contributed by atoms with van der Waals surface area (Å²) in [4.78, 5) is 25.3. The van der Waals surface area contributed by atoms with Crippen LogP contribution in [0, 0.1) is 0 Å². The lowest BCUT2D eigenvalue weighted by atomic mass is 10.2. The fourth-order valence-electron chi connectivity index (χ4n) is 2.16.